The minimum Gasteiger partial charge on any atom is -0.241 e. The Balaban J connectivity index is 1.45. The van der Waals surface area contributed by atoms with Crippen molar-refractivity contribution in [2.45, 2.75) is 30.6 Å². The molecule has 0 aliphatic carbocycles. The Morgan fingerprint density at radius 1 is 0.967 bits per heavy atom. The standard InChI is InChI=1S/C20H26N4O4S2/c1-23(2)30(27,28)24-15-19(21-16-24)10-4-3-7-13-22-29(25,26)20-12-11-17-8-5-6-9-18(17)14-20/h5-6,8-9,11-12,14-16,22H,3-4,7,10,13H2,1-2H3. The summed E-state index contributed by atoms with van der Waals surface area (Å²) in [5.41, 5.74) is 0.692. The lowest BCUT2D eigenvalue weighted by atomic mass is 10.1. The maximum absolute atomic E-state index is 12.5. The van der Waals surface area contributed by atoms with Gasteiger partial charge in [0.25, 0.3) is 0 Å². The minimum atomic E-state index is -3.55. The second-order valence-corrected chi connectivity index (χ2v) is 11.0. The van der Waals surface area contributed by atoms with Gasteiger partial charge in [0.05, 0.1) is 10.6 Å². The van der Waals surface area contributed by atoms with Crippen LogP contribution in [0.15, 0.2) is 59.9 Å². The molecule has 1 heterocycles. The van der Waals surface area contributed by atoms with E-state index in [-0.39, 0.29) is 4.90 Å². The molecule has 3 rings (SSSR count). The maximum atomic E-state index is 12.5. The van der Waals surface area contributed by atoms with Crippen molar-refractivity contribution < 1.29 is 16.8 Å². The van der Waals surface area contributed by atoms with Crippen LogP contribution in [0.5, 0.6) is 0 Å². The van der Waals surface area contributed by atoms with Gasteiger partial charge in [-0.15, -0.1) is 0 Å². The van der Waals surface area contributed by atoms with Gasteiger partial charge in [-0.05, 0) is 42.2 Å². The molecule has 0 aliphatic heterocycles. The lowest BCUT2D eigenvalue weighted by Gasteiger charge is -2.10. The van der Waals surface area contributed by atoms with Gasteiger partial charge in [-0.1, -0.05) is 36.8 Å². The number of nitrogens with zero attached hydrogens (tertiary/aromatic N) is 3. The normalized spacial score (nSPS) is 12.6. The van der Waals surface area contributed by atoms with E-state index in [1.54, 1.807) is 18.2 Å². The lowest BCUT2D eigenvalue weighted by molar-refractivity contribution is 0.510. The molecule has 10 heteroatoms. The van der Waals surface area contributed by atoms with Gasteiger partial charge in [-0.2, -0.15) is 12.7 Å². The Morgan fingerprint density at radius 2 is 1.70 bits per heavy atom. The van der Waals surface area contributed by atoms with E-state index in [1.165, 1.54) is 26.6 Å². The summed E-state index contributed by atoms with van der Waals surface area (Å²) in [6.45, 7) is 0.346. The zero-order valence-corrected chi connectivity index (χ0v) is 18.7. The second kappa shape index (κ2) is 9.25. The fourth-order valence-corrected chi connectivity index (χ4v) is 4.93. The van der Waals surface area contributed by atoms with Gasteiger partial charge in [0.2, 0.25) is 10.0 Å². The number of rotatable bonds is 10. The summed E-state index contributed by atoms with van der Waals surface area (Å²) in [6.07, 6.45) is 5.71. The van der Waals surface area contributed by atoms with Gasteiger partial charge in [-0.25, -0.2) is 22.1 Å². The van der Waals surface area contributed by atoms with E-state index >= 15 is 0 Å². The van der Waals surface area contributed by atoms with Gasteiger partial charge < -0.3 is 0 Å². The first kappa shape index (κ1) is 22.4. The summed E-state index contributed by atoms with van der Waals surface area (Å²) < 4.78 is 53.9. The molecule has 1 N–H and O–H groups in total. The molecule has 0 saturated heterocycles. The van der Waals surface area contributed by atoms with Gasteiger partial charge in [0.15, 0.2) is 0 Å². The van der Waals surface area contributed by atoms with Gasteiger partial charge in [0.1, 0.15) is 6.33 Å². The van der Waals surface area contributed by atoms with Crippen molar-refractivity contribution in [1.82, 2.24) is 18.0 Å². The van der Waals surface area contributed by atoms with E-state index in [4.69, 9.17) is 0 Å². The molecule has 0 bridgehead atoms. The average Bonchev–Trinajstić information content (AvgIpc) is 3.20. The minimum absolute atomic E-state index is 0.258. The summed E-state index contributed by atoms with van der Waals surface area (Å²) in [5.74, 6) is 0. The molecule has 0 saturated carbocycles. The first-order chi connectivity index (χ1) is 14.2. The van der Waals surface area contributed by atoms with E-state index in [2.05, 4.69) is 9.71 Å². The molecule has 0 fully saturated rings. The molecule has 162 valence electrons. The molecule has 0 spiro atoms. The first-order valence-electron chi connectivity index (χ1n) is 9.64. The van der Waals surface area contributed by atoms with Crippen LogP contribution in [0.4, 0.5) is 0 Å². The number of unbranched alkanes of at least 4 members (excludes halogenated alkanes) is 2. The number of aromatic nitrogens is 2. The number of benzene rings is 2. The lowest BCUT2D eigenvalue weighted by Crippen LogP contribution is -2.27. The number of aryl methyl sites for hydroxylation is 1. The first-order valence-corrected chi connectivity index (χ1v) is 12.5. The van der Waals surface area contributed by atoms with Crippen LogP contribution >= 0.6 is 0 Å². The molecule has 0 atom stereocenters. The largest absolute Gasteiger partial charge is 0.308 e. The molecule has 3 aromatic rings. The Labute approximate surface area is 177 Å². The Bertz CT molecular complexity index is 1220. The highest BCUT2D eigenvalue weighted by molar-refractivity contribution is 7.89. The molecular weight excluding hydrogens is 424 g/mol. The predicted molar refractivity (Wildman–Crippen MR) is 117 cm³/mol. The van der Waals surface area contributed by atoms with Crippen LogP contribution in [0.2, 0.25) is 0 Å². The van der Waals surface area contributed by atoms with Crippen LogP contribution in [0.1, 0.15) is 25.0 Å². The van der Waals surface area contributed by atoms with Gasteiger partial charge in [0, 0.05) is 26.8 Å². The van der Waals surface area contributed by atoms with Gasteiger partial charge in [-0.3, -0.25) is 0 Å². The fraction of sp³-hybridized carbons (Fsp3) is 0.350. The molecule has 0 radical (unpaired) electrons. The Kier molecular flexibility index (Phi) is 6.91. The number of hydrogen-bond acceptors (Lipinski definition) is 5. The molecule has 30 heavy (non-hydrogen) atoms. The van der Waals surface area contributed by atoms with Gasteiger partial charge >= 0.3 is 10.2 Å². The van der Waals surface area contributed by atoms with Crippen LogP contribution in [0, 0.1) is 0 Å². The predicted octanol–water partition coefficient (Wildman–Crippen LogP) is 2.38. The van der Waals surface area contributed by atoms with E-state index < -0.39 is 20.2 Å². The SMILES string of the molecule is CN(C)S(=O)(=O)n1cnc(CCCCCNS(=O)(=O)c2ccc3ccccc3c2)c1. The summed E-state index contributed by atoms with van der Waals surface area (Å²) in [6, 6.07) is 12.7. The Morgan fingerprint density at radius 3 is 2.43 bits per heavy atom. The van der Waals surface area contributed by atoms with Crippen molar-refractivity contribution in [2.75, 3.05) is 20.6 Å². The molecule has 0 aliphatic rings. The maximum Gasteiger partial charge on any atom is 0.308 e. The number of sulfonamides is 1. The van der Waals surface area contributed by atoms with E-state index in [1.807, 2.05) is 24.3 Å². The molecular formula is C20H26N4O4S2. The highest BCUT2D eigenvalue weighted by Crippen LogP contribution is 2.19. The summed E-state index contributed by atoms with van der Waals surface area (Å²) >= 11 is 0. The topological polar surface area (TPSA) is 101 Å². The number of hydrogen-bond donors (Lipinski definition) is 1. The zero-order valence-electron chi connectivity index (χ0n) is 17.0. The summed E-state index contributed by atoms with van der Waals surface area (Å²) in [4.78, 5) is 4.39. The van der Waals surface area contributed by atoms with Crippen molar-refractivity contribution in [1.29, 1.82) is 0 Å². The molecule has 0 amide bonds. The number of nitrogens with one attached hydrogen (secondary N) is 1. The van der Waals surface area contributed by atoms with Crippen molar-refractivity contribution in [3.63, 3.8) is 0 Å². The zero-order chi connectivity index (χ0) is 21.8. The average molecular weight is 451 g/mol. The van der Waals surface area contributed by atoms with Crippen molar-refractivity contribution in [3.8, 4) is 0 Å². The van der Waals surface area contributed by atoms with Crippen molar-refractivity contribution in [2.24, 2.45) is 0 Å². The van der Waals surface area contributed by atoms with E-state index in [9.17, 15) is 16.8 Å². The van der Waals surface area contributed by atoms with Crippen LogP contribution in [-0.2, 0) is 26.7 Å². The second-order valence-electron chi connectivity index (χ2n) is 7.20. The van der Waals surface area contributed by atoms with Crippen molar-refractivity contribution >= 4 is 31.0 Å². The van der Waals surface area contributed by atoms with Crippen LogP contribution in [-0.4, -0.2) is 50.7 Å². The van der Waals surface area contributed by atoms with Crippen LogP contribution < -0.4 is 4.72 Å². The fourth-order valence-electron chi connectivity index (χ4n) is 3.02. The third-order valence-electron chi connectivity index (χ3n) is 4.77. The van der Waals surface area contributed by atoms with E-state index in [0.29, 0.717) is 25.1 Å². The summed E-state index contributed by atoms with van der Waals surface area (Å²) in [7, 11) is -4.16. The molecule has 1 aromatic heterocycles. The van der Waals surface area contributed by atoms with Crippen molar-refractivity contribution in [3.05, 3.63) is 60.7 Å². The van der Waals surface area contributed by atoms with Crippen LogP contribution in [0.3, 0.4) is 0 Å². The quantitative estimate of drug-likeness (QED) is 0.478. The van der Waals surface area contributed by atoms with E-state index in [0.717, 1.165) is 31.9 Å². The highest BCUT2D eigenvalue weighted by Gasteiger charge is 2.16. The Hall–Kier alpha value is -2.27. The number of fused-ring (bicyclic) bond motifs is 1. The third kappa shape index (κ3) is 5.25. The smallest absolute Gasteiger partial charge is 0.241 e. The molecule has 8 nitrogen and oxygen atoms in total. The third-order valence-corrected chi connectivity index (χ3v) is 7.89. The monoisotopic (exact) mass is 450 g/mol. The number of imidazole rings is 1. The molecule has 2 aromatic carbocycles. The molecule has 0 unspecified atom stereocenters. The summed E-state index contributed by atoms with van der Waals surface area (Å²) in [5, 5.41) is 1.88. The van der Waals surface area contributed by atoms with Crippen LogP contribution in [0.25, 0.3) is 10.8 Å². The highest BCUT2D eigenvalue weighted by atomic mass is 32.2.